The third-order valence-electron chi connectivity index (χ3n) is 1.81. The predicted octanol–water partition coefficient (Wildman–Crippen LogP) is 3.73. The summed E-state index contributed by atoms with van der Waals surface area (Å²) in [5.41, 5.74) is 1.71. The highest BCUT2D eigenvalue weighted by molar-refractivity contribution is 9.09. The number of rotatable bonds is 2. The van der Waals surface area contributed by atoms with Gasteiger partial charge in [-0.15, -0.1) is 11.3 Å². The summed E-state index contributed by atoms with van der Waals surface area (Å²) in [7, 11) is 0. The third kappa shape index (κ3) is 1.85. The van der Waals surface area contributed by atoms with Crippen LogP contribution in [0.15, 0.2) is 11.4 Å². The van der Waals surface area contributed by atoms with E-state index < -0.39 is 0 Å². The number of thiophene rings is 1. The van der Waals surface area contributed by atoms with Crippen molar-refractivity contribution in [3.63, 3.8) is 0 Å². The first-order chi connectivity index (χ1) is 5.08. The fourth-order valence-corrected chi connectivity index (χ4v) is 2.65. The van der Waals surface area contributed by atoms with Crippen molar-refractivity contribution in [2.75, 3.05) is 5.33 Å². The summed E-state index contributed by atoms with van der Waals surface area (Å²) in [5, 5.41) is 3.19. The van der Waals surface area contributed by atoms with Crippen LogP contribution in [0.1, 0.15) is 24.3 Å². The number of hydrogen-bond acceptors (Lipinski definition) is 1. The standard InChI is InChI=1S/C9H13BrS/c1-7-4-5-11-8(7)9(2,3)6-10/h4-5H,6H2,1-3H3. The Balaban J connectivity index is 3.00. The lowest BCUT2D eigenvalue weighted by Crippen LogP contribution is -2.17. The zero-order valence-corrected chi connectivity index (χ0v) is 9.55. The topological polar surface area (TPSA) is 0 Å². The van der Waals surface area contributed by atoms with Gasteiger partial charge in [-0.05, 0) is 23.9 Å². The van der Waals surface area contributed by atoms with Crippen LogP contribution in [0.4, 0.5) is 0 Å². The molecule has 0 atom stereocenters. The van der Waals surface area contributed by atoms with Gasteiger partial charge >= 0.3 is 0 Å². The third-order valence-corrected chi connectivity index (χ3v) is 4.60. The molecular weight excluding hydrogens is 220 g/mol. The van der Waals surface area contributed by atoms with Crippen LogP contribution in [-0.2, 0) is 5.41 Å². The van der Waals surface area contributed by atoms with Crippen LogP contribution in [0.2, 0.25) is 0 Å². The first-order valence-electron chi connectivity index (χ1n) is 3.68. The van der Waals surface area contributed by atoms with Crippen molar-refractivity contribution < 1.29 is 0 Å². The number of halogens is 1. The van der Waals surface area contributed by atoms with E-state index in [2.05, 4.69) is 48.1 Å². The predicted molar refractivity (Wildman–Crippen MR) is 55.9 cm³/mol. The van der Waals surface area contributed by atoms with Gasteiger partial charge in [0.25, 0.3) is 0 Å². The first-order valence-corrected chi connectivity index (χ1v) is 5.68. The normalized spacial score (nSPS) is 12.0. The maximum Gasteiger partial charge on any atom is 0.0139 e. The number of alkyl halides is 1. The van der Waals surface area contributed by atoms with Crippen LogP contribution in [0.25, 0.3) is 0 Å². The average molecular weight is 233 g/mol. The summed E-state index contributed by atoms with van der Waals surface area (Å²) in [6.45, 7) is 6.71. The van der Waals surface area contributed by atoms with E-state index in [1.807, 2.05) is 11.3 Å². The molecule has 0 saturated heterocycles. The van der Waals surface area contributed by atoms with Crippen LogP contribution < -0.4 is 0 Å². The van der Waals surface area contributed by atoms with Crippen LogP contribution in [0.3, 0.4) is 0 Å². The molecule has 0 nitrogen and oxygen atoms in total. The maximum atomic E-state index is 3.53. The SMILES string of the molecule is Cc1ccsc1C(C)(C)CBr. The Morgan fingerprint density at radius 1 is 1.55 bits per heavy atom. The second-order valence-electron chi connectivity index (χ2n) is 3.45. The summed E-state index contributed by atoms with van der Waals surface area (Å²) < 4.78 is 0. The summed E-state index contributed by atoms with van der Waals surface area (Å²) in [6.07, 6.45) is 0. The monoisotopic (exact) mass is 232 g/mol. The molecule has 0 radical (unpaired) electrons. The Labute approximate surface area is 80.8 Å². The molecule has 0 saturated carbocycles. The molecule has 0 amide bonds. The zero-order chi connectivity index (χ0) is 8.48. The van der Waals surface area contributed by atoms with Gasteiger partial charge in [0, 0.05) is 15.6 Å². The summed E-state index contributed by atoms with van der Waals surface area (Å²) in [6, 6.07) is 2.18. The second kappa shape index (κ2) is 3.28. The lowest BCUT2D eigenvalue weighted by Gasteiger charge is -2.20. The van der Waals surface area contributed by atoms with E-state index >= 15 is 0 Å². The van der Waals surface area contributed by atoms with Crippen molar-refractivity contribution in [2.45, 2.75) is 26.2 Å². The average Bonchev–Trinajstić information content (AvgIpc) is 2.36. The van der Waals surface area contributed by atoms with E-state index in [0.29, 0.717) is 0 Å². The molecule has 1 aromatic rings. The van der Waals surface area contributed by atoms with Crippen LogP contribution >= 0.6 is 27.3 Å². The summed E-state index contributed by atoms with van der Waals surface area (Å²) >= 11 is 5.38. The molecule has 0 aliphatic heterocycles. The molecule has 0 spiro atoms. The molecule has 0 aliphatic rings. The fraction of sp³-hybridized carbons (Fsp3) is 0.556. The molecule has 0 aromatic carbocycles. The smallest absolute Gasteiger partial charge is 0.0139 e. The molecule has 0 unspecified atom stereocenters. The summed E-state index contributed by atoms with van der Waals surface area (Å²) in [4.78, 5) is 1.49. The minimum atomic E-state index is 0.290. The second-order valence-corrected chi connectivity index (χ2v) is 4.93. The number of aryl methyl sites for hydroxylation is 1. The first kappa shape index (κ1) is 9.27. The molecule has 1 heterocycles. The molecule has 2 heteroatoms. The molecule has 1 rings (SSSR count). The Bertz CT molecular complexity index is 237. The largest absolute Gasteiger partial charge is 0.148 e. The lowest BCUT2D eigenvalue weighted by atomic mass is 9.92. The molecule has 1 aromatic heterocycles. The lowest BCUT2D eigenvalue weighted by molar-refractivity contribution is 0.617. The highest BCUT2D eigenvalue weighted by Gasteiger charge is 2.21. The van der Waals surface area contributed by atoms with Crippen molar-refractivity contribution >= 4 is 27.3 Å². The Morgan fingerprint density at radius 3 is 2.55 bits per heavy atom. The summed E-state index contributed by atoms with van der Waals surface area (Å²) in [5.74, 6) is 0. The van der Waals surface area contributed by atoms with E-state index in [0.717, 1.165) is 5.33 Å². The maximum absolute atomic E-state index is 3.53. The zero-order valence-electron chi connectivity index (χ0n) is 7.15. The van der Waals surface area contributed by atoms with E-state index in [9.17, 15) is 0 Å². The molecule has 0 bridgehead atoms. The van der Waals surface area contributed by atoms with Crippen molar-refractivity contribution in [1.29, 1.82) is 0 Å². The van der Waals surface area contributed by atoms with Crippen LogP contribution in [-0.4, -0.2) is 5.33 Å². The van der Waals surface area contributed by atoms with E-state index in [1.165, 1.54) is 10.4 Å². The fourth-order valence-electron chi connectivity index (χ4n) is 1.13. The van der Waals surface area contributed by atoms with Gasteiger partial charge in [0.15, 0.2) is 0 Å². The molecule has 0 N–H and O–H groups in total. The Morgan fingerprint density at radius 2 is 2.18 bits per heavy atom. The van der Waals surface area contributed by atoms with Crippen molar-refractivity contribution in [3.05, 3.63) is 21.9 Å². The minimum absolute atomic E-state index is 0.290. The van der Waals surface area contributed by atoms with Gasteiger partial charge in [-0.2, -0.15) is 0 Å². The van der Waals surface area contributed by atoms with Crippen LogP contribution in [0.5, 0.6) is 0 Å². The minimum Gasteiger partial charge on any atom is -0.148 e. The van der Waals surface area contributed by atoms with E-state index in [4.69, 9.17) is 0 Å². The molecule has 0 fully saturated rings. The molecule has 0 aliphatic carbocycles. The number of hydrogen-bond donors (Lipinski definition) is 0. The van der Waals surface area contributed by atoms with E-state index in [-0.39, 0.29) is 5.41 Å². The molecule has 11 heavy (non-hydrogen) atoms. The van der Waals surface area contributed by atoms with Gasteiger partial charge in [-0.25, -0.2) is 0 Å². The molecule has 62 valence electrons. The van der Waals surface area contributed by atoms with Gasteiger partial charge < -0.3 is 0 Å². The molecular formula is C9H13BrS. The van der Waals surface area contributed by atoms with E-state index in [1.54, 1.807) is 0 Å². The highest BCUT2D eigenvalue weighted by Crippen LogP contribution is 2.32. The Hall–Kier alpha value is 0.180. The van der Waals surface area contributed by atoms with Gasteiger partial charge in [0.2, 0.25) is 0 Å². The highest BCUT2D eigenvalue weighted by atomic mass is 79.9. The quantitative estimate of drug-likeness (QED) is 0.683. The van der Waals surface area contributed by atoms with Gasteiger partial charge in [0.05, 0.1) is 0 Å². The van der Waals surface area contributed by atoms with Crippen molar-refractivity contribution in [1.82, 2.24) is 0 Å². The van der Waals surface area contributed by atoms with Crippen molar-refractivity contribution in [2.24, 2.45) is 0 Å². The van der Waals surface area contributed by atoms with Crippen molar-refractivity contribution in [3.8, 4) is 0 Å². The van der Waals surface area contributed by atoms with Gasteiger partial charge in [-0.1, -0.05) is 29.8 Å². The van der Waals surface area contributed by atoms with Crippen LogP contribution in [0, 0.1) is 6.92 Å². The van der Waals surface area contributed by atoms with Gasteiger partial charge in [0.1, 0.15) is 0 Å². The van der Waals surface area contributed by atoms with Gasteiger partial charge in [-0.3, -0.25) is 0 Å². The Kier molecular flexibility index (Phi) is 2.76.